The molecule has 0 amide bonds. The molecule has 0 aliphatic carbocycles. The summed E-state index contributed by atoms with van der Waals surface area (Å²) < 4.78 is 6.06. The van der Waals surface area contributed by atoms with E-state index in [1.54, 1.807) is 0 Å². The van der Waals surface area contributed by atoms with Gasteiger partial charge in [0, 0.05) is 6.54 Å². The molecular weight excluding hydrogens is 162 g/mol. The lowest BCUT2D eigenvalue weighted by Crippen LogP contribution is -2.40. The third-order valence-electron chi connectivity index (χ3n) is 2.59. The molecule has 0 aromatic carbocycles. The standard InChI is InChI=1S/C11H23NO/c1-4-7-11(2,3)13-10-6-5-8-12-9-10/h10,12H,4-9H2,1-3H3. The van der Waals surface area contributed by atoms with Crippen LogP contribution in [0.2, 0.25) is 0 Å². The zero-order valence-electron chi connectivity index (χ0n) is 9.23. The maximum atomic E-state index is 6.06. The highest BCUT2D eigenvalue weighted by Crippen LogP contribution is 2.21. The van der Waals surface area contributed by atoms with Gasteiger partial charge in [-0.3, -0.25) is 0 Å². The summed E-state index contributed by atoms with van der Waals surface area (Å²) in [5, 5.41) is 3.37. The lowest BCUT2D eigenvalue weighted by molar-refractivity contribution is -0.0830. The van der Waals surface area contributed by atoms with Crippen molar-refractivity contribution in [1.82, 2.24) is 5.32 Å². The Morgan fingerprint density at radius 1 is 1.46 bits per heavy atom. The van der Waals surface area contributed by atoms with E-state index in [9.17, 15) is 0 Å². The molecule has 2 heteroatoms. The van der Waals surface area contributed by atoms with Crippen molar-refractivity contribution in [2.75, 3.05) is 13.1 Å². The van der Waals surface area contributed by atoms with Gasteiger partial charge in [0.1, 0.15) is 0 Å². The molecule has 13 heavy (non-hydrogen) atoms. The van der Waals surface area contributed by atoms with Crippen LogP contribution in [0.5, 0.6) is 0 Å². The highest BCUT2D eigenvalue weighted by molar-refractivity contribution is 4.75. The summed E-state index contributed by atoms with van der Waals surface area (Å²) in [7, 11) is 0. The largest absolute Gasteiger partial charge is 0.371 e. The van der Waals surface area contributed by atoms with E-state index in [1.165, 1.54) is 19.3 Å². The van der Waals surface area contributed by atoms with Gasteiger partial charge in [-0.1, -0.05) is 13.3 Å². The highest BCUT2D eigenvalue weighted by Gasteiger charge is 2.23. The second kappa shape index (κ2) is 4.97. The zero-order valence-corrected chi connectivity index (χ0v) is 9.23. The summed E-state index contributed by atoms with van der Waals surface area (Å²) in [6.45, 7) is 8.81. The second-order valence-electron chi connectivity index (χ2n) is 4.60. The van der Waals surface area contributed by atoms with Crippen LogP contribution < -0.4 is 5.32 Å². The van der Waals surface area contributed by atoms with Crippen LogP contribution in [0.3, 0.4) is 0 Å². The Hall–Kier alpha value is -0.0800. The van der Waals surface area contributed by atoms with Crippen LogP contribution in [-0.4, -0.2) is 24.8 Å². The van der Waals surface area contributed by atoms with E-state index in [2.05, 4.69) is 26.1 Å². The Morgan fingerprint density at radius 3 is 2.77 bits per heavy atom. The molecule has 0 radical (unpaired) electrons. The van der Waals surface area contributed by atoms with Gasteiger partial charge >= 0.3 is 0 Å². The Morgan fingerprint density at radius 2 is 2.23 bits per heavy atom. The van der Waals surface area contributed by atoms with Crippen molar-refractivity contribution in [3.8, 4) is 0 Å². The Labute approximate surface area is 82.0 Å². The van der Waals surface area contributed by atoms with Crippen LogP contribution in [0.25, 0.3) is 0 Å². The zero-order chi connectivity index (χ0) is 9.73. The molecule has 1 aliphatic heterocycles. The molecule has 0 aromatic rings. The minimum Gasteiger partial charge on any atom is -0.371 e. The van der Waals surface area contributed by atoms with Crippen molar-refractivity contribution in [3.05, 3.63) is 0 Å². The van der Waals surface area contributed by atoms with Gasteiger partial charge in [0.15, 0.2) is 0 Å². The number of piperidine rings is 1. The molecule has 0 saturated carbocycles. The topological polar surface area (TPSA) is 21.3 Å². The number of rotatable bonds is 4. The first-order valence-corrected chi connectivity index (χ1v) is 5.52. The molecule has 1 rings (SSSR count). The monoisotopic (exact) mass is 185 g/mol. The minimum atomic E-state index is 0.0679. The highest BCUT2D eigenvalue weighted by atomic mass is 16.5. The van der Waals surface area contributed by atoms with Crippen molar-refractivity contribution < 1.29 is 4.74 Å². The third kappa shape index (κ3) is 4.10. The molecule has 1 heterocycles. The first-order valence-electron chi connectivity index (χ1n) is 5.52. The Bertz CT molecular complexity index is 139. The fraction of sp³-hybridized carbons (Fsp3) is 1.00. The first kappa shape index (κ1) is 11.0. The molecule has 1 N–H and O–H groups in total. The van der Waals surface area contributed by atoms with Crippen LogP contribution >= 0.6 is 0 Å². The molecule has 2 nitrogen and oxygen atoms in total. The van der Waals surface area contributed by atoms with Crippen LogP contribution in [-0.2, 0) is 4.74 Å². The molecule has 0 bridgehead atoms. The van der Waals surface area contributed by atoms with Crippen molar-refractivity contribution in [3.63, 3.8) is 0 Å². The molecule has 0 aromatic heterocycles. The van der Waals surface area contributed by atoms with Gasteiger partial charge in [-0.15, -0.1) is 0 Å². The molecule has 1 fully saturated rings. The fourth-order valence-electron chi connectivity index (χ4n) is 2.03. The average molecular weight is 185 g/mol. The molecule has 1 atom stereocenters. The predicted molar refractivity (Wildman–Crippen MR) is 56.0 cm³/mol. The number of ether oxygens (including phenoxy) is 1. The smallest absolute Gasteiger partial charge is 0.0707 e. The summed E-state index contributed by atoms with van der Waals surface area (Å²) in [6.07, 6.45) is 5.28. The second-order valence-corrected chi connectivity index (χ2v) is 4.60. The van der Waals surface area contributed by atoms with E-state index in [-0.39, 0.29) is 5.60 Å². The van der Waals surface area contributed by atoms with Gasteiger partial charge in [-0.05, 0) is 39.7 Å². The van der Waals surface area contributed by atoms with Crippen molar-refractivity contribution in [2.45, 2.75) is 58.2 Å². The van der Waals surface area contributed by atoms with E-state index in [0.29, 0.717) is 6.10 Å². The van der Waals surface area contributed by atoms with Crippen LogP contribution in [0.1, 0.15) is 46.5 Å². The molecular formula is C11H23NO. The number of nitrogens with one attached hydrogen (secondary N) is 1. The Kier molecular flexibility index (Phi) is 4.20. The summed E-state index contributed by atoms with van der Waals surface area (Å²) in [4.78, 5) is 0. The normalized spacial score (nSPS) is 24.7. The summed E-state index contributed by atoms with van der Waals surface area (Å²) in [6, 6.07) is 0. The lowest BCUT2D eigenvalue weighted by Gasteiger charge is -2.33. The number of hydrogen-bond donors (Lipinski definition) is 1. The minimum absolute atomic E-state index is 0.0679. The molecule has 1 unspecified atom stereocenters. The molecule has 78 valence electrons. The van der Waals surface area contributed by atoms with Gasteiger partial charge in [0.25, 0.3) is 0 Å². The van der Waals surface area contributed by atoms with Gasteiger partial charge in [-0.25, -0.2) is 0 Å². The van der Waals surface area contributed by atoms with E-state index in [4.69, 9.17) is 4.74 Å². The van der Waals surface area contributed by atoms with Crippen molar-refractivity contribution in [2.24, 2.45) is 0 Å². The number of hydrogen-bond acceptors (Lipinski definition) is 2. The molecule has 1 saturated heterocycles. The summed E-state index contributed by atoms with van der Waals surface area (Å²) >= 11 is 0. The quantitative estimate of drug-likeness (QED) is 0.726. The van der Waals surface area contributed by atoms with Crippen LogP contribution in [0, 0.1) is 0 Å². The van der Waals surface area contributed by atoms with E-state index in [1.807, 2.05) is 0 Å². The molecule has 1 aliphatic rings. The van der Waals surface area contributed by atoms with Crippen molar-refractivity contribution in [1.29, 1.82) is 0 Å². The van der Waals surface area contributed by atoms with Gasteiger partial charge < -0.3 is 10.1 Å². The maximum absolute atomic E-state index is 6.06. The van der Waals surface area contributed by atoms with Gasteiger partial charge in [0.2, 0.25) is 0 Å². The predicted octanol–water partition coefficient (Wildman–Crippen LogP) is 2.33. The van der Waals surface area contributed by atoms with E-state index in [0.717, 1.165) is 19.5 Å². The molecule has 0 spiro atoms. The summed E-state index contributed by atoms with van der Waals surface area (Å²) in [5.41, 5.74) is 0.0679. The lowest BCUT2D eigenvalue weighted by atomic mass is 10.0. The first-order chi connectivity index (χ1) is 6.14. The van der Waals surface area contributed by atoms with E-state index >= 15 is 0 Å². The summed E-state index contributed by atoms with van der Waals surface area (Å²) in [5.74, 6) is 0. The SMILES string of the molecule is CCCC(C)(C)OC1CCCNC1. The Balaban J connectivity index is 2.28. The van der Waals surface area contributed by atoms with Gasteiger partial charge in [-0.2, -0.15) is 0 Å². The van der Waals surface area contributed by atoms with Gasteiger partial charge in [0.05, 0.1) is 11.7 Å². The van der Waals surface area contributed by atoms with Crippen molar-refractivity contribution >= 4 is 0 Å². The maximum Gasteiger partial charge on any atom is 0.0707 e. The third-order valence-corrected chi connectivity index (χ3v) is 2.59. The van der Waals surface area contributed by atoms with Crippen LogP contribution in [0.15, 0.2) is 0 Å². The van der Waals surface area contributed by atoms with E-state index < -0.39 is 0 Å². The van der Waals surface area contributed by atoms with Crippen LogP contribution in [0.4, 0.5) is 0 Å². The fourth-order valence-corrected chi connectivity index (χ4v) is 2.03. The average Bonchev–Trinajstić information content (AvgIpc) is 2.04.